The Bertz CT molecular complexity index is 580. The van der Waals surface area contributed by atoms with Gasteiger partial charge in [-0.3, -0.25) is 9.59 Å². The molecule has 23 heavy (non-hydrogen) atoms. The summed E-state index contributed by atoms with van der Waals surface area (Å²) in [6.07, 6.45) is 5.14. The molecule has 1 aromatic rings. The van der Waals surface area contributed by atoms with Crippen LogP contribution in [0.4, 0.5) is 10.6 Å². The van der Waals surface area contributed by atoms with E-state index in [1.165, 1.54) is 0 Å². The highest BCUT2D eigenvalue weighted by atomic mass is 16.4. The third kappa shape index (κ3) is 4.30. The fraction of sp³-hybridized carbons (Fsp3) is 0.600. The summed E-state index contributed by atoms with van der Waals surface area (Å²) in [5.41, 5.74) is 0. The van der Waals surface area contributed by atoms with Gasteiger partial charge in [0.1, 0.15) is 11.9 Å². The predicted molar refractivity (Wildman–Crippen MR) is 83.2 cm³/mol. The van der Waals surface area contributed by atoms with E-state index in [2.05, 4.69) is 15.7 Å². The molecule has 1 aromatic heterocycles. The highest BCUT2D eigenvalue weighted by molar-refractivity contribution is 6.42. The molecule has 2 rings (SSSR count). The van der Waals surface area contributed by atoms with Gasteiger partial charge in [0, 0.05) is 6.07 Å². The van der Waals surface area contributed by atoms with E-state index in [9.17, 15) is 14.4 Å². The van der Waals surface area contributed by atoms with Crippen LogP contribution in [0, 0.1) is 0 Å². The van der Waals surface area contributed by atoms with Crippen molar-refractivity contribution in [2.45, 2.75) is 57.5 Å². The molecule has 0 radical (unpaired) electrons. The molecule has 1 heterocycles. The average molecular weight is 322 g/mol. The summed E-state index contributed by atoms with van der Waals surface area (Å²) in [5, 5.41) is 17.7. The normalized spacial score (nSPS) is 15.5. The molecule has 126 valence electrons. The molecular weight excluding hydrogens is 300 g/mol. The molecule has 1 aliphatic carbocycles. The number of aromatic nitrogens is 2. The van der Waals surface area contributed by atoms with E-state index >= 15 is 0 Å². The van der Waals surface area contributed by atoms with Gasteiger partial charge in [0.05, 0.1) is 12.2 Å². The van der Waals surface area contributed by atoms with Crippen molar-refractivity contribution in [2.75, 3.05) is 5.32 Å². The Hall–Kier alpha value is -2.38. The van der Waals surface area contributed by atoms with Crippen LogP contribution in [-0.4, -0.2) is 38.7 Å². The van der Waals surface area contributed by atoms with Crippen molar-refractivity contribution in [3.05, 3.63) is 12.3 Å². The summed E-state index contributed by atoms with van der Waals surface area (Å²) in [7, 11) is 0. The summed E-state index contributed by atoms with van der Waals surface area (Å²) in [4.78, 5) is 35.1. The lowest BCUT2D eigenvalue weighted by Crippen LogP contribution is -2.45. The lowest BCUT2D eigenvalue weighted by Gasteiger charge is -2.27. The fourth-order valence-corrected chi connectivity index (χ4v) is 2.50. The number of Topliss-reactive ketones (excluding diaryl/α,β-unsaturated/α-hetero) is 1. The van der Waals surface area contributed by atoms with Crippen molar-refractivity contribution >= 4 is 23.6 Å². The first kappa shape index (κ1) is 17.0. The zero-order valence-corrected chi connectivity index (χ0v) is 13.1. The van der Waals surface area contributed by atoms with E-state index in [1.54, 1.807) is 16.9 Å². The maximum atomic E-state index is 12.2. The predicted octanol–water partition coefficient (Wildman–Crippen LogP) is 1.94. The SMILES string of the molecule is CCCC[C@H](NC(=O)O)C(=O)C(=O)Nc1ccnn1C1CCC1. The number of anilines is 1. The standard InChI is InChI=1S/C15H22N4O4/c1-2-3-7-11(17-15(22)23)13(20)14(21)18-12-8-9-16-19(12)10-5-4-6-10/h8-11,17H,2-7H2,1H3,(H,18,21)(H,22,23)/t11-/m0/s1. The summed E-state index contributed by atoms with van der Waals surface area (Å²) >= 11 is 0. The minimum absolute atomic E-state index is 0.253. The van der Waals surface area contributed by atoms with E-state index in [0.717, 1.165) is 25.7 Å². The first-order valence-corrected chi connectivity index (χ1v) is 7.91. The molecule has 8 heteroatoms. The first-order valence-electron chi connectivity index (χ1n) is 7.91. The maximum Gasteiger partial charge on any atom is 0.405 e. The number of hydrogen-bond acceptors (Lipinski definition) is 4. The molecule has 0 aliphatic heterocycles. The number of rotatable bonds is 8. The van der Waals surface area contributed by atoms with Crippen LogP contribution in [-0.2, 0) is 9.59 Å². The molecule has 0 unspecified atom stereocenters. The molecule has 1 saturated carbocycles. The maximum absolute atomic E-state index is 12.2. The van der Waals surface area contributed by atoms with Crippen LogP contribution in [0.15, 0.2) is 12.3 Å². The second-order valence-electron chi connectivity index (χ2n) is 5.71. The zero-order chi connectivity index (χ0) is 16.8. The minimum Gasteiger partial charge on any atom is -0.465 e. The van der Waals surface area contributed by atoms with Crippen LogP contribution in [0.25, 0.3) is 0 Å². The minimum atomic E-state index is -1.31. The Morgan fingerprint density at radius 1 is 1.43 bits per heavy atom. The second-order valence-corrected chi connectivity index (χ2v) is 5.71. The van der Waals surface area contributed by atoms with Gasteiger partial charge in [-0.25, -0.2) is 9.48 Å². The smallest absolute Gasteiger partial charge is 0.405 e. The van der Waals surface area contributed by atoms with Crippen molar-refractivity contribution in [3.63, 3.8) is 0 Å². The van der Waals surface area contributed by atoms with Gasteiger partial charge in [-0.2, -0.15) is 5.10 Å². The number of carbonyl (C=O) groups excluding carboxylic acids is 2. The Morgan fingerprint density at radius 3 is 2.74 bits per heavy atom. The fourth-order valence-electron chi connectivity index (χ4n) is 2.50. The highest BCUT2D eigenvalue weighted by Gasteiger charge is 2.28. The van der Waals surface area contributed by atoms with E-state index in [0.29, 0.717) is 18.7 Å². The average Bonchev–Trinajstić information content (AvgIpc) is 2.88. The number of carbonyl (C=O) groups is 3. The summed E-state index contributed by atoms with van der Waals surface area (Å²) < 4.78 is 1.71. The number of ketones is 1. The van der Waals surface area contributed by atoms with Crippen LogP contribution in [0.2, 0.25) is 0 Å². The Balaban J connectivity index is 2.01. The van der Waals surface area contributed by atoms with Crippen LogP contribution >= 0.6 is 0 Å². The summed E-state index contributed by atoms with van der Waals surface area (Å²) in [6.45, 7) is 1.93. The lowest BCUT2D eigenvalue weighted by atomic mass is 9.93. The van der Waals surface area contributed by atoms with Crippen molar-refractivity contribution in [1.82, 2.24) is 15.1 Å². The van der Waals surface area contributed by atoms with Gasteiger partial charge in [0.25, 0.3) is 5.91 Å². The number of hydrogen-bond donors (Lipinski definition) is 3. The highest BCUT2D eigenvalue weighted by Crippen LogP contribution is 2.33. The first-order chi connectivity index (χ1) is 11.0. The van der Waals surface area contributed by atoms with Gasteiger partial charge in [-0.05, 0) is 25.7 Å². The van der Waals surface area contributed by atoms with Gasteiger partial charge in [-0.15, -0.1) is 0 Å². The molecule has 2 amide bonds. The topological polar surface area (TPSA) is 113 Å². The Labute approximate surface area is 134 Å². The van der Waals surface area contributed by atoms with Gasteiger partial charge in [0.2, 0.25) is 5.78 Å². The van der Waals surface area contributed by atoms with Crippen molar-refractivity contribution in [2.24, 2.45) is 0 Å². The van der Waals surface area contributed by atoms with Gasteiger partial charge in [-0.1, -0.05) is 19.8 Å². The monoisotopic (exact) mass is 322 g/mol. The van der Waals surface area contributed by atoms with E-state index in [4.69, 9.17) is 5.11 Å². The van der Waals surface area contributed by atoms with E-state index in [1.807, 2.05) is 6.92 Å². The number of amides is 2. The second kappa shape index (κ2) is 7.75. The number of nitrogens with zero attached hydrogens (tertiary/aromatic N) is 2. The molecule has 1 aliphatic rings. The van der Waals surface area contributed by atoms with Gasteiger partial charge in [0.15, 0.2) is 0 Å². The van der Waals surface area contributed by atoms with Gasteiger partial charge >= 0.3 is 6.09 Å². The number of unbranched alkanes of at least 4 members (excludes halogenated alkanes) is 1. The molecule has 0 saturated heterocycles. The Morgan fingerprint density at radius 2 is 2.17 bits per heavy atom. The van der Waals surface area contributed by atoms with Gasteiger partial charge < -0.3 is 15.7 Å². The molecule has 0 bridgehead atoms. The van der Waals surface area contributed by atoms with Crippen molar-refractivity contribution in [3.8, 4) is 0 Å². The quantitative estimate of drug-likeness (QED) is 0.633. The van der Waals surface area contributed by atoms with Crippen molar-refractivity contribution < 1.29 is 19.5 Å². The molecule has 8 nitrogen and oxygen atoms in total. The van der Waals surface area contributed by atoms with Crippen molar-refractivity contribution in [1.29, 1.82) is 0 Å². The lowest BCUT2D eigenvalue weighted by molar-refractivity contribution is -0.136. The summed E-state index contributed by atoms with van der Waals surface area (Å²) in [6, 6.07) is 0.866. The van der Waals surface area contributed by atoms with E-state index in [-0.39, 0.29) is 6.04 Å². The largest absolute Gasteiger partial charge is 0.465 e. The zero-order valence-electron chi connectivity index (χ0n) is 13.1. The van der Waals surface area contributed by atoms with Crippen LogP contribution < -0.4 is 10.6 Å². The molecule has 1 atom stereocenters. The number of carboxylic acid groups (broad SMARTS) is 1. The third-order valence-electron chi connectivity index (χ3n) is 4.02. The molecule has 0 spiro atoms. The van der Waals surface area contributed by atoms with Crippen LogP contribution in [0.1, 0.15) is 51.5 Å². The van der Waals surface area contributed by atoms with Crippen LogP contribution in [0.5, 0.6) is 0 Å². The molecular formula is C15H22N4O4. The Kier molecular flexibility index (Phi) is 5.72. The molecule has 0 aromatic carbocycles. The van der Waals surface area contributed by atoms with E-state index < -0.39 is 23.8 Å². The molecule has 1 fully saturated rings. The summed E-state index contributed by atoms with van der Waals surface area (Å²) in [5.74, 6) is -1.12. The number of nitrogens with one attached hydrogen (secondary N) is 2. The molecule has 3 N–H and O–H groups in total. The van der Waals surface area contributed by atoms with Crippen LogP contribution in [0.3, 0.4) is 0 Å². The third-order valence-corrected chi connectivity index (χ3v) is 4.02.